The summed E-state index contributed by atoms with van der Waals surface area (Å²) >= 11 is 0. The summed E-state index contributed by atoms with van der Waals surface area (Å²) in [5, 5.41) is 30.6. The van der Waals surface area contributed by atoms with Gasteiger partial charge in [-0.05, 0) is 43.3 Å². The first-order valence-corrected chi connectivity index (χ1v) is 9.47. The normalized spacial score (nSPS) is 26.5. The average molecular weight is 414 g/mol. The summed E-state index contributed by atoms with van der Waals surface area (Å²) in [6, 6.07) is 13.6. The van der Waals surface area contributed by atoms with Crippen LogP contribution < -0.4 is 14.9 Å². The molecule has 0 radical (unpaired) electrons. The Morgan fingerprint density at radius 3 is 2.33 bits per heavy atom. The molecule has 0 saturated carbocycles. The van der Waals surface area contributed by atoms with Crippen LogP contribution in [0.4, 0.5) is 0 Å². The topological polar surface area (TPSA) is 119 Å². The van der Waals surface area contributed by atoms with Gasteiger partial charge in [0.15, 0.2) is 5.76 Å². The first-order valence-electron chi connectivity index (χ1n) is 9.47. The van der Waals surface area contributed by atoms with E-state index in [1.165, 1.54) is 6.92 Å². The monoisotopic (exact) mass is 414 g/mol. The molecule has 3 N–H and O–H groups in total. The standard InChI is InChI=1S/C22H22O8/c1-11-16(23)18(25)19(26)22(28-11)30-21-17(24)14-5-3-4-6-15(14)29-20(21)12-7-9-13(27-2)10-8-12/h3-11,16,18-19,22-23,25-26H,1-2H3. The van der Waals surface area contributed by atoms with Gasteiger partial charge in [-0.3, -0.25) is 4.79 Å². The highest BCUT2D eigenvalue weighted by Gasteiger charge is 2.43. The molecule has 2 aromatic carbocycles. The van der Waals surface area contributed by atoms with E-state index in [0.29, 0.717) is 22.3 Å². The number of para-hydroxylation sites is 1. The van der Waals surface area contributed by atoms with E-state index in [2.05, 4.69) is 0 Å². The minimum Gasteiger partial charge on any atom is -0.497 e. The van der Waals surface area contributed by atoms with Crippen LogP contribution in [-0.4, -0.2) is 53.1 Å². The van der Waals surface area contributed by atoms with Crippen molar-refractivity contribution < 1.29 is 33.9 Å². The molecule has 1 aliphatic rings. The Kier molecular flexibility index (Phi) is 5.48. The van der Waals surface area contributed by atoms with Crippen molar-refractivity contribution in [2.24, 2.45) is 0 Å². The maximum Gasteiger partial charge on any atom is 0.235 e. The molecule has 2 heterocycles. The summed E-state index contributed by atoms with van der Waals surface area (Å²) in [6.45, 7) is 1.53. The van der Waals surface area contributed by atoms with Crippen LogP contribution in [0, 0.1) is 0 Å². The van der Waals surface area contributed by atoms with Crippen molar-refractivity contribution in [1.82, 2.24) is 0 Å². The molecule has 1 aliphatic heterocycles. The van der Waals surface area contributed by atoms with Crippen molar-refractivity contribution in [2.75, 3.05) is 7.11 Å². The molecular formula is C22H22O8. The number of fused-ring (bicyclic) bond motifs is 1. The van der Waals surface area contributed by atoms with Crippen LogP contribution in [0.15, 0.2) is 57.7 Å². The van der Waals surface area contributed by atoms with Gasteiger partial charge >= 0.3 is 0 Å². The largest absolute Gasteiger partial charge is 0.497 e. The third kappa shape index (κ3) is 3.54. The maximum atomic E-state index is 13.2. The Balaban J connectivity index is 1.83. The summed E-state index contributed by atoms with van der Waals surface area (Å²) in [7, 11) is 1.54. The molecule has 8 nitrogen and oxygen atoms in total. The Morgan fingerprint density at radius 1 is 0.933 bits per heavy atom. The smallest absolute Gasteiger partial charge is 0.235 e. The van der Waals surface area contributed by atoms with Crippen molar-refractivity contribution in [2.45, 2.75) is 37.6 Å². The second-order valence-corrected chi connectivity index (χ2v) is 7.11. The summed E-state index contributed by atoms with van der Waals surface area (Å²) in [6.07, 6.45) is -6.53. The van der Waals surface area contributed by atoms with Crippen LogP contribution in [0.25, 0.3) is 22.3 Å². The molecule has 0 aliphatic carbocycles. The molecule has 5 atom stereocenters. The molecule has 8 heteroatoms. The van der Waals surface area contributed by atoms with E-state index in [1.807, 2.05) is 0 Å². The summed E-state index contributed by atoms with van der Waals surface area (Å²) in [4.78, 5) is 13.2. The van der Waals surface area contributed by atoms with Gasteiger partial charge in [0, 0.05) is 5.56 Å². The van der Waals surface area contributed by atoms with E-state index in [9.17, 15) is 20.1 Å². The van der Waals surface area contributed by atoms with E-state index < -0.39 is 36.1 Å². The van der Waals surface area contributed by atoms with Gasteiger partial charge in [-0.1, -0.05) is 12.1 Å². The van der Waals surface area contributed by atoms with Crippen LogP contribution in [0.1, 0.15) is 6.92 Å². The molecule has 158 valence electrons. The van der Waals surface area contributed by atoms with Crippen LogP contribution >= 0.6 is 0 Å². The summed E-state index contributed by atoms with van der Waals surface area (Å²) in [5.41, 5.74) is 0.467. The molecule has 5 unspecified atom stereocenters. The molecular weight excluding hydrogens is 392 g/mol. The van der Waals surface area contributed by atoms with Gasteiger partial charge < -0.3 is 33.9 Å². The zero-order valence-electron chi connectivity index (χ0n) is 16.4. The highest BCUT2D eigenvalue weighted by atomic mass is 16.7. The van der Waals surface area contributed by atoms with E-state index in [1.54, 1.807) is 55.6 Å². The lowest BCUT2D eigenvalue weighted by atomic mass is 10.00. The molecule has 3 aromatic rings. The van der Waals surface area contributed by atoms with Gasteiger partial charge in [0.1, 0.15) is 29.6 Å². The predicted molar refractivity (Wildman–Crippen MR) is 107 cm³/mol. The Labute approximate surface area is 171 Å². The van der Waals surface area contributed by atoms with Crippen molar-refractivity contribution in [3.05, 3.63) is 58.8 Å². The van der Waals surface area contributed by atoms with Crippen molar-refractivity contribution in [3.8, 4) is 22.8 Å². The fourth-order valence-corrected chi connectivity index (χ4v) is 3.39. The van der Waals surface area contributed by atoms with Gasteiger partial charge in [0.05, 0.1) is 18.6 Å². The first kappa shape index (κ1) is 20.4. The fourth-order valence-electron chi connectivity index (χ4n) is 3.39. The van der Waals surface area contributed by atoms with E-state index >= 15 is 0 Å². The van der Waals surface area contributed by atoms with Crippen molar-refractivity contribution >= 4 is 11.0 Å². The molecule has 1 saturated heterocycles. The van der Waals surface area contributed by atoms with Gasteiger partial charge in [-0.2, -0.15) is 0 Å². The number of aliphatic hydroxyl groups excluding tert-OH is 3. The lowest BCUT2D eigenvalue weighted by Crippen LogP contribution is -2.58. The number of hydrogen-bond acceptors (Lipinski definition) is 8. The highest BCUT2D eigenvalue weighted by molar-refractivity contribution is 5.82. The second kappa shape index (κ2) is 8.08. The van der Waals surface area contributed by atoms with E-state index in [0.717, 1.165) is 0 Å². The van der Waals surface area contributed by atoms with Crippen LogP contribution in [0.2, 0.25) is 0 Å². The molecule has 0 bridgehead atoms. The lowest BCUT2D eigenvalue weighted by molar-refractivity contribution is -0.268. The first-order chi connectivity index (χ1) is 14.4. The van der Waals surface area contributed by atoms with Gasteiger partial charge in [0.25, 0.3) is 0 Å². The molecule has 1 fully saturated rings. The Morgan fingerprint density at radius 2 is 1.63 bits per heavy atom. The Bertz CT molecular complexity index is 1090. The zero-order chi connectivity index (χ0) is 21.4. The highest BCUT2D eigenvalue weighted by Crippen LogP contribution is 2.34. The predicted octanol–water partition coefficient (Wildman–Crippen LogP) is 1.67. The SMILES string of the molecule is COc1ccc(-c2oc3ccccc3c(=O)c2OC2OC(C)C(O)C(O)C2O)cc1. The summed E-state index contributed by atoms with van der Waals surface area (Å²) < 4.78 is 22.4. The van der Waals surface area contributed by atoms with Gasteiger partial charge in [-0.25, -0.2) is 0 Å². The van der Waals surface area contributed by atoms with Gasteiger partial charge in [-0.15, -0.1) is 0 Å². The van der Waals surface area contributed by atoms with E-state index in [4.69, 9.17) is 18.6 Å². The Hall–Kier alpha value is -2.91. The van der Waals surface area contributed by atoms with Gasteiger partial charge in [0.2, 0.25) is 17.5 Å². The number of benzene rings is 2. The molecule has 1 aromatic heterocycles. The van der Waals surface area contributed by atoms with Crippen molar-refractivity contribution in [3.63, 3.8) is 0 Å². The molecule has 30 heavy (non-hydrogen) atoms. The van der Waals surface area contributed by atoms with E-state index in [-0.39, 0.29) is 11.5 Å². The number of aliphatic hydroxyl groups is 3. The lowest BCUT2D eigenvalue weighted by Gasteiger charge is -2.38. The van der Waals surface area contributed by atoms with Crippen LogP contribution in [0.5, 0.6) is 11.5 Å². The second-order valence-electron chi connectivity index (χ2n) is 7.11. The van der Waals surface area contributed by atoms with Crippen molar-refractivity contribution in [1.29, 1.82) is 0 Å². The fraction of sp³-hybridized carbons (Fsp3) is 0.318. The minimum atomic E-state index is -1.56. The third-order valence-electron chi connectivity index (χ3n) is 5.15. The number of ether oxygens (including phenoxy) is 3. The third-order valence-corrected chi connectivity index (χ3v) is 5.15. The molecule has 0 spiro atoms. The van der Waals surface area contributed by atoms with Crippen LogP contribution in [-0.2, 0) is 4.74 Å². The maximum absolute atomic E-state index is 13.2. The quantitative estimate of drug-likeness (QED) is 0.590. The van der Waals surface area contributed by atoms with Crippen LogP contribution in [0.3, 0.4) is 0 Å². The minimum absolute atomic E-state index is 0.144. The summed E-state index contributed by atoms with van der Waals surface area (Å²) in [5.74, 6) is 0.602. The number of hydrogen-bond donors (Lipinski definition) is 3. The molecule has 4 rings (SSSR count). The molecule has 0 amide bonds. The number of rotatable bonds is 4. The number of methoxy groups -OCH3 is 1. The zero-order valence-corrected chi connectivity index (χ0v) is 16.4. The average Bonchev–Trinajstić information content (AvgIpc) is 2.77.